The van der Waals surface area contributed by atoms with Crippen LogP contribution in [0.15, 0.2) is 84.5 Å². The van der Waals surface area contributed by atoms with Gasteiger partial charge in [0, 0.05) is 32.0 Å². The number of thioether (sulfide) groups is 1. The monoisotopic (exact) mass is 557 g/mol. The van der Waals surface area contributed by atoms with Crippen molar-refractivity contribution < 1.29 is 23.9 Å². The third-order valence-electron chi connectivity index (χ3n) is 7.22. The van der Waals surface area contributed by atoms with E-state index in [1.807, 2.05) is 54.6 Å². The Balaban J connectivity index is 1.21. The van der Waals surface area contributed by atoms with Crippen LogP contribution in [-0.4, -0.2) is 65.3 Å². The van der Waals surface area contributed by atoms with Crippen molar-refractivity contribution in [2.24, 2.45) is 0 Å². The van der Waals surface area contributed by atoms with Crippen LogP contribution < -0.4 is 20.3 Å². The Hall–Kier alpha value is -4.35. The molecule has 1 aromatic heterocycles. The Labute approximate surface area is 235 Å². The van der Waals surface area contributed by atoms with Gasteiger partial charge in [-0.15, -0.1) is 0 Å². The number of carbonyl (C=O) groups excluding carboxylic acids is 3. The highest BCUT2D eigenvalue weighted by molar-refractivity contribution is 8.01. The number of rotatable bonds is 7. The number of carbonyl (C=O) groups is 3. The summed E-state index contributed by atoms with van der Waals surface area (Å²) in [6, 6.07) is 17.2. The quantitative estimate of drug-likeness (QED) is 0.425. The summed E-state index contributed by atoms with van der Waals surface area (Å²) >= 11 is 1.32. The maximum Gasteiger partial charge on any atom is 0.327 e. The molecule has 1 saturated heterocycles. The standard InChI is InChI=1S/C29H27N5O5S/c1-3-23(35)33-15-20(22(16-33)38-2)31-27(36)26-25-24-21(13-14-30-28(24)40-26)34(29(37)32-25)17-9-11-19(12-10-17)39-18-7-5-4-6-8-18/h3-14,20,22,25-26H,1,15-16H2,2H3,(H,31,36)(H,32,37)/t20-,22-,25?,26?/m0/s1. The first-order valence-corrected chi connectivity index (χ1v) is 13.7. The number of aromatic nitrogens is 1. The van der Waals surface area contributed by atoms with E-state index in [1.165, 1.54) is 17.8 Å². The van der Waals surface area contributed by atoms with Crippen LogP contribution >= 0.6 is 11.8 Å². The molecule has 2 N–H and O–H groups in total. The fourth-order valence-corrected chi connectivity index (χ4v) is 6.53. The predicted octanol–water partition coefficient (Wildman–Crippen LogP) is 3.78. The minimum Gasteiger partial charge on any atom is -0.457 e. The fourth-order valence-electron chi connectivity index (χ4n) is 5.29. The highest BCUT2D eigenvalue weighted by atomic mass is 32.2. The topological polar surface area (TPSA) is 113 Å². The Morgan fingerprint density at radius 3 is 2.58 bits per heavy atom. The van der Waals surface area contributed by atoms with Gasteiger partial charge >= 0.3 is 6.03 Å². The number of nitrogens with zero attached hydrogens (tertiary/aromatic N) is 3. The van der Waals surface area contributed by atoms with Crippen LogP contribution in [-0.2, 0) is 14.3 Å². The lowest BCUT2D eigenvalue weighted by Gasteiger charge is -2.34. The molecule has 3 aliphatic rings. The van der Waals surface area contributed by atoms with Crippen molar-refractivity contribution in [2.45, 2.75) is 28.5 Å². The number of urea groups is 1. The Bertz CT molecular complexity index is 1470. The third kappa shape index (κ3) is 4.67. The maximum absolute atomic E-state index is 13.5. The van der Waals surface area contributed by atoms with Crippen molar-refractivity contribution in [3.8, 4) is 11.5 Å². The summed E-state index contributed by atoms with van der Waals surface area (Å²) in [6.07, 6.45) is 2.55. The number of para-hydroxylation sites is 1. The van der Waals surface area contributed by atoms with Crippen molar-refractivity contribution in [3.63, 3.8) is 0 Å². The largest absolute Gasteiger partial charge is 0.457 e. The van der Waals surface area contributed by atoms with E-state index in [0.29, 0.717) is 35.2 Å². The molecule has 4 heterocycles. The number of methoxy groups -OCH3 is 1. The summed E-state index contributed by atoms with van der Waals surface area (Å²) in [4.78, 5) is 46.7. The predicted molar refractivity (Wildman–Crippen MR) is 150 cm³/mol. The lowest BCUT2D eigenvalue weighted by Crippen LogP contribution is -2.52. The molecule has 204 valence electrons. The highest BCUT2D eigenvalue weighted by Gasteiger charge is 2.48. The molecule has 1 fully saturated rings. The average Bonchev–Trinajstić information content (AvgIpc) is 3.56. The third-order valence-corrected chi connectivity index (χ3v) is 8.51. The smallest absolute Gasteiger partial charge is 0.327 e. The van der Waals surface area contributed by atoms with Crippen molar-refractivity contribution in [1.82, 2.24) is 20.5 Å². The number of hydrogen-bond acceptors (Lipinski definition) is 7. The Morgan fingerprint density at radius 2 is 1.85 bits per heavy atom. The molecule has 10 nitrogen and oxygen atoms in total. The molecule has 0 radical (unpaired) electrons. The lowest BCUT2D eigenvalue weighted by molar-refractivity contribution is -0.126. The molecule has 0 aliphatic carbocycles. The van der Waals surface area contributed by atoms with E-state index in [9.17, 15) is 14.4 Å². The van der Waals surface area contributed by atoms with E-state index in [4.69, 9.17) is 9.47 Å². The molecule has 11 heteroatoms. The zero-order valence-electron chi connectivity index (χ0n) is 21.7. The summed E-state index contributed by atoms with van der Waals surface area (Å²) in [7, 11) is 1.55. The molecular weight excluding hydrogens is 530 g/mol. The van der Waals surface area contributed by atoms with Gasteiger partial charge in [-0.1, -0.05) is 36.5 Å². The minimum absolute atomic E-state index is 0.213. The number of pyridine rings is 1. The van der Waals surface area contributed by atoms with Crippen molar-refractivity contribution in [1.29, 1.82) is 0 Å². The normalized spacial score (nSPS) is 22.9. The van der Waals surface area contributed by atoms with E-state index in [2.05, 4.69) is 22.2 Å². The van der Waals surface area contributed by atoms with Gasteiger partial charge in [0.2, 0.25) is 11.8 Å². The lowest BCUT2D eigenvalue weighted by atomic mass is 9.99. The molecule has 0 saturated carbocycles. The van der Waals surface area contributed by atoms with Crippen LogP contribution in [0.3, 0.4) is 0 Å². The summed E-state index contributed by atoms with van der Waals surface area (Å²) in [5.41, 5.74) is 2.13. The van der Waals surface area contributed by atoms with Crippen LogP contribution in [0.4, 0.5) is 16.2 Å². The zero-order valence-corrected chi connectivity index (χ0v) is 22.5. The number of hydrogen-bond donors (Lipinski definition) is 2. The first kappa shape index (κ1) is 25.9. The molecule has 4 amide bonds. The van der Waals surface area contributed by atoms with E-state index in [0.717, 1.165) is 11.3 Å². The molecule has 0 spiro atoms. The van der Waals surface area contributed by atoms with Gasteiger partial charge in [0.25, 0.3) is 0 Å². The molecular formula is C29H27N5O5S. The molecule has 2 unspecified atom stereocenters. The fraction of sp³-hybridized carbons (Fsp3) is 0.241. The van der Waals surface area contributed by atoms with Gasteiger partial charge in [0.15, 0.2) is 0 Å². The van der Waals surface area contributed by atoms with Crippen LogP contribution in [0.1, 0.15) is 11.6 Å². The SMILES string of the molecule is C=CC(=O)N1C[C@H](NC(=O)C2Sc3nccc4c3C2NC(=O)N4c2ccc(Oc3ccccc3)cc2)[C@@H](OC)C1. The van der Waals surface area contributed by atoms with E-state index >= 15 is 0 Å². The number of ether oxygens (including phenoxy) is 2. The number of amides is 4. The number of nitrogens with one attached hydrogen (secondary N) is 2. The minimum atomic E-state index is -0.627. The van der Waals surface area contributed by atoms with Gasteiger partial charge in [0.05, 0.1) is 29.6 Å². The first-order valence-electron chi connectivity index (χ1n) is 12.8. The number of benzene rings is 2. The van der Waals surface area contributed by atoms with Crippen LogP contribution in [0, 0.1) is 0 Å². The van der Waals surface area contributed by atoms with Gasteiger partial charge < -0.3 is 25.0 Å². The van der Waals surface area contributed by atoms with Gasteiger partial charge in [-0.2, -0.15) is 0 Å². The average molecular weight is 558 g/mol. The van der Waals surface area contributed by atoms with Gasteiger partial charge in [-0.25, -0.2) is 9.78 Å². The maximum atomic E-state index is 13.5. The van der Waals surface area contributed by atoms with Crippen molar-refractivity contribution in [2.75, 3.05) is 25.1 Å². The molecule has 0 bridgehead atoms. The zero-order chi connectivity index (χ0) is 27.8. The Kier molecular flexibility index (Phi) is 6.91. The van der Waals surface area contributed by atoms with Crippen LogP contribution in [0.5, 0.6) is 11.5 Å². The van der Waals surface area contributed by atoms with Crippen molar-refractivity contribution in [3.05, 3.63) is 85.1 Å². The van der Waals surface area contributed by atoms with Crippen LogP contribution in [0.2, 0.25) is 0 Å². The van der Waals surface area contributed by atoms with E-state index < -0.39 is 11.3 Å². The van der Waals surface area contributed by atoms with E-state index in [1.54, 1.807) is 29.2 Å². The molecule has 3 aliphatic heterocycles. The summed E-state index contributed by atoms with van der Waals surface area (Å²) < 4.78 is 11.4. The second-order valence-corrected chi connectivity index (χ2v) is 10.7. The highest BCUT2D eigenvalue weighted by Crippen LogP contribution is 2.50. The van der Waals surface area contributed by atoms with Crippen LogP contribution in [0.25, 0.3) is 0 Å². The second-order valence-electron chi connectivity index (χ2n) is 9.60. The van der Waals surface area contributed by atoms with Crippen molar-refractivity contribution >= 4 is 41.0 Å². The first-order chi connectivity index (χ1) is 19.5. The molecule has 4 atom stereocenters. The molecule has 2 aromatic carbocycles. The second kappa shape index (κ2) is 10.7. The summed E-state index contributed by atoms with van der Waals surface area (Å²) in [6.45, 7) is 4.22. The van der Waals surface area contributed by atoms with Gasteiger partial charge in [-0.3, -0.25) is 14.5 Å². The molecule has 6 rings (SSSR count). The molecule has 40 heavy (non-hydrogen) atoms. The summed E-state index contributed by atoms with van der Waals surface area (Å²) in [5.74, 6) is 0.897. The van der Waals surface area contributed by atoms with Gasteiger partial charge in [0.1, 0.15) is 21.8 Å². The molecule has 3 aromatic rings. The Morgan fingerprint density at radius 1 is 1.10 bits per heavy atom. The van der Waals surface area contributed by atoms with E-state index in [-0.39, 0.29) is 30.0 Å². The number of likely N-dealkylation sites (tertiary alicyclic amines) is 1. The number of anilines is 2. The van der Waals surface area contributed by atoms with Gasteiger partial charge in [-0.05, 0) is 48.5 Å². The summed E-state index contributed by atoms with van der Waals surface area (Å²) in [5, 5.41) is 6.12.